The summed E-state index contributed by atoms with van der Waals surface area (Å²) in [5.41, 5.74) is 1.68. The molecule has 0 bridgehead atoms. The lowest BCUT2D eigenvalue weighted by Crippen LogP contribution is -2.37. The van der Waals surface area contributed by atoms with Crippen LogP contribution < -0.4 is 15.4 Å². The fraction of sp³-hybridized carbons (Fsp3) is 0.118. The first-order chi connectivity index (χ1) is 11.5. The van der Waals surface area contributed by atoms with E-state index < -0.39 is 11.9 Å². The van der Waals surface area contributed by atoms with Crippen molar-refractivity contribution in [2.75, 3.05) is 11.9 Å². The summed E-state index contributed by atoms with van der Waals surface area (Å²) < 4.78 is 5.43. The maximum Gasteiger partial charge on any atom is 0.335 e. The lowest BCUT2D eigenvalue weighted by Gasteiger charge is -2.11. The number of hydrogen-bond donors (Lipinski definition) is 3. The van der Waals surface area contributed by atoms with E-state index in [1.165, 1.54) is 12.1 Å². The summed E-state index contributed by atoms with van der Waals surface area (Å²) in [6, 6.07) is 13.4. The van der Waals surface area contributed by atoms with Crippen molar-refractivity contribution in [3.8, 4) is 5.75 Å². The molecule has 124 valence electrons. The van der Waals surface area contributed by atoms with Gasteiger partial charge in [-0.2, -0.15) is 0 Å². The van der Waals surface area contributed by atoms with Gasteiger partial charge in [0.2, 0.25) is 0 Å². The number of carboxylic acids is 1. The Balaban J connectivity index is 1.82. The second kappa shape index (κ2) is 8.07. The number of para-hydroxylation sites is 1. The first-order valence-electron chi connectivity index (χ1n) is 7.08. The van der Waals surface area contributed by atoms with Crippen molar-refractivity contribution in [2.45, 2.75) is 6.92 Å². The molecule has 0 saturated carbocycles. The number of anilines is 1. The van der Waals surface area contributed by atoms with Crippen LogP contribution in [0.1, 0.15) is 15.9 Å². The zero-order valence-electron chi connectivity index (χ0n) is 12.9. The maximum absolute atomic E-state index is 11.8. The highest BCUT2D eigenvalue weighted by molar-refractivity contribution is 7.80. The minimum Gasteiger partial charge on any atom is -0.483 e. The van der Waals surface area contributed by atoms with Gasteiger partial charge in [-0.15, -0.1) is 0 Å². The number of ether oxygens (including phenoxy) is 1. The van der Waals surface area contributed by atoms with Gasteiger partial charge in [-0.3, -0.25) is 10.1 Å². The van der Waals surface area contributed by atoms with Crippen molar-refractivity contribution in [3.63, 3.8) is 0 Å². The summed E-state index contributed by atoms with van der Waals surface area (Å²) in [4.78, 5) is 22.6. The molecular formula is C17H16N2O4S. The molecule has 2 aromatic rings. The van der Waals surface area contributed by atoms with Gasteiger partial charge in [-0.05, 0) is 55.0 Å². The molecule has 2 aromatic carbocycles. The molecule has 0 heterocycles. The van der Waals surface area contributed by atoms with Crippen LogP contribution in [0.25, 0.3) is 0 Å². The van der Waals surface area contributed by atoms with Crippen molar-refractivity contribution in [1.29, 1.82) is 0 Å². The molecule has 0 spiro atoms. The molecule has 0 aliphatic carbocycles. The first kappa shape index (κ1) is 17.4. The SMILES string of the molecule is Cc1ccccc1OCC(=O)NC(=S)Nc1ccc(C(=O)O)cc1. The molecule has 0 aliphatic rings. The van der Waals surface area contributed by atoms with Crippen LogP contribution >= 0.6 is 12.2 Å². The third kappa shape index (κ3) is 5.06. The topological polar surface area (TPSA) is 87.7 Å². The third-order valence-corrected chi connectivity index (χ3v) is 3.30. The van der Waals surface area contributed by atoms with Gasteiger partial charge in [0.05, 0.1) is 5.56 Å². The largest absolute Gasteiger partial charge is 0.483 e. The van der Waals surface area contributed by atoms with Crippen molar-refractivity contribution in [2.24, 2.45) is 0 Å². The summed E-state index contributed by atoms with van der Waals surface area (Å²) in [6.07, 6.45) is 0. The Morgan fingerprint density at radius 2 is 1.79 bits per heavy atom. The van der Waals surface area contributed by atoms with E-state index >= 15 is 0 Å². The van der Waals surface area contributed by atoms with Crippen molar-refractivity contribution in [3.05, 3.63) is 59.7 Å². The molecule has 0 saturated heterocycles. The van der Waals surface area contributed by atoms with E-state index in [0.29, 0.717) is 11.4 Å². The smallest absolute Gasteiger partial charge is 0.335 e. The van der Waals surface area contributed by atoms with Gasteiger partial charge in [0.25, 0.3) is 5.91 Å². The number of carbonyl (C=O) groups excluding carboxylic acids is 1. The summed E-state index contributed by atoms with van der Waals surface area (Å²) in [5.74, 6) is -0.764. The monoisotopic (exact) mass is 344 g/mol. The van der Waals surface area contributed by atoms with Crippen LogP contribution in [0, 0.1) is 6.92 Å². The van der Waals surface area contributed by atoms with Crippen molar-refractivity contribution in [1.82, 2.24) is 5.32 Å². The van der Waals surface area contributed by atoms with Crippen LogP contribution in [0.15, 0.2) is 48.5 Å². The third-order valence-electron chi connectivity index (χ3n) is 3.10. The van der Waals surface area contributed by atoms with E-state index in [1.54, 1.807) is 18.2 Å². The van der Waals surface area contributed by atoms with Crippen molar-refractivity contribution >= 4 is 34.9 Å². The van der Waals surface area contributed by atoms with Crippen LogP contribution in [0.4, 0.5) is 5.69 Å². The number of benzene rings is 2. The molecule has 0 radical (unpaired) electrons. The molecule has 0 atom stereocenters. The number of aryl methyl sites for hydroxylation is 1. The van der Waals surface area contributed by atoms with Gasteiger partial charge in [0, 0.05) is 5.69 Å². The highest BCUT2D eigenvalue weighted by Gasteiger charge is 2.08. The second-order valence-electron chi connectivity index (χ2n) is 4.94. The summed E-state index contributed by atoms with van der Waals surface area (Å²) in [6.45, 7) is 1.73. The Hall–Kier alpha value is -2.93. The molecule has 1 amide bonds. The fourth-order valence-electron chi connectivity index (χ4n) is 1.88. The molecule has 7 heteroatoms. The highest BCUT2D eigenvalue weighted by Crippen LogP contribution is 2.15. The van der Waals surface area contributed by atoms with Gasteiger partial charge in [-0.25, -0.2) is 4.79 Å². The van der Waals surface area contributed by atoms with Gasteiger partial charge < -0.3 is 15.2 Å². The van der Waals surface area contributed by atoms with E-state index in [0.717, 1.165) is 5.56 Å². The number of aromatic carboxylic acids is 1. The average Bonchev–Trinajstić information content (AvgIpc) is 2.54. The van der Waals surface area contributed by atoms with Crippen LogP contribution in [-0.4, -0.2) is 28.7 Å². The number of carbonyl (C=O) groups is 2. The van der Waals surface area contributed by atoms with Crippen LogP contribution in [-0.2, 0) is 4.79 Å². The lowest BCUT2D eigenvalue weighted by molar-refractivity contribution is -0.121. The molecule has 3 N–H and O–H groups in total. The minimum absolute atomic E-state index is 0.108. The molecule has 0 unspecified atom stereocenters. The molecule has 0 aliphatic heterocycles. The van der Waals surface area contributed by atoms with E-state index in [2.05, 4.69) is 10.6 Å². The average molecular weight is 344 g/mol. The summed E-state index contributed by atoms with van der Waals surface area (Å²) >= 11 is 5.04. The molecule has 6 nitrogen and oxygen atoms in total. The Morgan fingerprint density at radius 1 is 1.12 bits per heavy atom. The lowest BCUT2D eigenvalue weighted by atomic mass is 10.2. The van der Waals surface area contributed by atoms with Gasteiger partial charge in [-0.1, -0.05) is 18.2 Å². The van der Waals surface area contributed by atoms with Gasteiger partial charge >= 0.3 is 5.97 Å². The van der Waals surface area contributed by atoms with E-state index in [-0.39, 0.29) is 17.3 Å². The van der Waals surface area contributed by atoms with Crippen LogP contribution in [0.2, 0.25) is 0 Å². The predicted octanol–water partition coefficient (Wildman–Crippen LogP) is 2.59. The maximum atomic E-state index is 11.8. The predicted molar refractivity (Wildman–Crippen MR) is 94.4 cm³/mol. The summed E-state index contributed by atoms with van der Waals surface area (Å²) in [5, 5.41) is 14.2. The molecule has 0 aromatic heterocycles. The summed E-state index contributed by atoms with van der Waals surface area (Å²) in [7, 11) is 0. The molecular weight excluding hydrogens is 328 g/mol. The quantitative estimate of drug-likeness (QED) is 0.723. The first-order valence-corrected chi connectivity index (χ1v) is 7.49. The number of nitrogens with one attached hydrogen (secondary N) is 2. The van der Waals surface area contributed by atoms with Crippen molar-refractivity contribution < 1.29 is 19.4 Å². The Morgan fingerprint density at radius 3 is 2.42 bits per heavy atom. The number of rotatable bonds is 5. The standard InChI is InChI=1S/C17H16N2O4S/c1-11-4-2-3-5-14(11)23-10-15(20)19-17(24)18-13-8-6-12(7-9-13)16(21)22/h2-9H,10H2,1H3,(H,21,22)(H2,18,19,20,24). The number of amides is 1. The Kier molecular flexibility index (Phi) is 5.86. The van der Waals surface area contributed by atoms with E-state index in [1.807, 2.05) is 25.1 Å². The molecule has 24 heavy (non-hydrogen) atoms. The van der Waals surface area contributed by atoms with Gasteiger partial charge in [0.15, 0.2) is 11.7 Å². The minimum atomic E-state index is -1.01. The number of hydrogen-bond acceptors (Lipinski definition) is 4. The number of carboxylic acid groups (broad SMARTS) is 1. The van der Waals surface area contributed by atoms with Gasteiger partial charge in [0.1, 0.15) is 5.75 Å². The van der Waals surface area contributed by atoms with E-state index in [9.17, 15) is 9.59 Å². The number of thiocarbonyl (C=S) groups is 1. The van der Waals surface area contributed by atoms with Crippen LogP contribution in [0.5, 0.6) is 5.75 Å². The Labute approximate surface area is 144 Å². The zero-order valence-corrected chi connectivity index (χ0v) is 13.7. The van der Waals surface area contributed by atoms with E-state index in [4.69, 9.17) is 22.1 Å². The van der Waals surface area contributed by atoms with Crippen LogP contribution in [0.3, 0.4) is 0 Å². The normalized spacial score (nSPS) is 9.88. The fourth-order valence-corrected chi connectivity index (χ4v) is 2.11. The zero-order chi connectivity index (χ0) is 17.5. The second-order valence-corrected chi connectivity index (χ2v) is 5.35. The molecule has 2 rings (SSSR count). The Bertz CT molecular complexity index is 759. The molecule has 0 fully saturated rings. The highest BCUT2D eigenvalue weighted by atomic mass is 32.1.